The van der Waals surface area contributed by atoms with Gasteiger partial charge in [-0.05, 0) is 51.4 Å². The van der Waals surface area contributed by atoms with Crippen LogP contribution in [0.3, 0.4) is 0 Å². The number of esters is 2. The standard InChI is InChI=1S/C40H68O10/c1-3-5-7-9-11-13-14-15-16-17-18-19-20-21-23-24-26-28-35(42)47-31-33(49-36(43)29-27-25-22-12-10-8-6-4-2)32-48-40-39(46)38(45)37(44)34(30-41)50-40/h7,9,13-14,16-17,19-20,33-34,37-41,44-46H,3-6,8,10-12,15,18,21-32H2,1-2H3/b9-7+,14-13+,17-16+,20-19+/t33-,34-,37+,38?,39?,40-/m0/s1. The van der Waals surface area contributed by atoms with Gasteiger partial charge >= 0.3 is 11.9 Å². The summed E-state index contributed by atoms with van der Waals surface area (Å²) < 4.78 is 22.0. The molecule has 50 heavy (non-hydrogen) atoms. The Kier molecular flexibility index (Phi) is 28.7. The lowest BCUT2D eigenvalue weighted by atomic mass is 9.99. The molecule has 0 bridgehead atoms. The minimum Gasteiger partial charge on any atom is -0.462 e. The molecule has 0 saturated carbocycles. The molecule has 10 nitrogen and oxygen atoms in total. The van der Waals surface area contributed by atoms with Gasteiger partial charge in [-0.2, -0.15) is 0 Å². The summed E-state index contributed by atoms with van der Waals surface area (Å²) in [4.78, 5) is 25.1. The van der Waals surface area contributed by atoms with E-state index in [0.717, 1.165) is 64.2 Å². The summed E-state index contributed by atoms with van der Waals surface area (Å²) in [6, 6.07) is 0. The first kappa shape index (κ1) is 45.7. The molecule has 1 rings (SSSR count). The molecule has 0 aromatic heterocycles. The summed E-state index contributed by atoms with van der Waals surface area (Å²) in [5.74, 6) is -0.852. The van der Waals surface area contributed by atoms with Gasteiger partial charge in [0.25, 0.3) is 0 Å². The number of rotatable bonds is 30. The number of ether oxygens (including phenoxy) is 4. The second kappa shape index (κ2) is 31.4. The molecule has 0 aromatic carbocycles. The van der Waals surface area contributed by atoms with Crippen LogP contribution in [0.2, 0.25) is 0 Å². The lowest BCUT2D eigenvalue weighted by Gasteiger charge is -2.39. The Morgan fingerprint density at radius 1 is 0.620 bits per heavy atom. The van der Waals surface area contributed by atoms with Crippen LogP contribution < -0.4 is 0 Å². The quantitative estimate of drug-likeness (QED) is 0.0351. The number of carbonyl (C=O) groups is 2. The average Bonchev–Trinajstić information content (AvgIpc) is 3.11. The van der Waals surface area contributed by atoms with Crippen LogP contribution in [0, 0.1) is 0 Å². The second-order valence-corrected chi connectivity index (χ2v) is 13.0. The van der Waals surface area contributed by atoms with E-state index in [1.165, 1.54) is 32.1 Å². The van der Waals surface area contributed by atoms with E-state index in [1.807, 2.05) is 0 Å². The SMILES string of the molecule is CCC/C=C/C/C=C/C/C=C/C/C=C/CCCCCC(=O)OC[C@@H](CO[C@H]1O[C@@H](CO)[C@@H](O)C(O)C1O)OC(=O)CCCCCCCCCC. The highest BCUT2D eigenvalue weighted by atomic mass is 16.7. The van der Waals surface area contributed by atoms with Crippen molar-refractivity contribution in [2.75, 3.05) is 19.8 Å². The first-order valence-electron chi connectivity index (χ1n) is 19.2. The lowest BCUT2D eigenvalue weighted by Crippen LogP contribution is -2.59. The maximum atomic E-state index is 12.6. The van der Waals surface area contributed by atoms with Crippen LogP contribution in [0.15, 0.2) is 48.6 Å². The third kappa shape index (κ3) is 23.2. The fourth-order valence-corrected chi connectivity index (χ4v) is 5.35. The van der Waals surface area contributed by atoms with E-state index in [1.54, 1.807) is 0 Å². The minimum absolute atomic E-state index is 0.221. The van der Waals surface area contributed by atoms with E-state index in [9.17, 15) is 30.0 Å². The number of hydrogen-bond donors (Lipinski definition) is 4. The highest BCUT2D eigenvalue weighted by Crippen LogP contribution is 2.22. The lowest BCUT2D eigenvalue weighted by molar-refractivity contribution is -0.305. The molecule has 0 aliphatic carbocycles. The zero-order valence-corrected chi connectivity index (χ0v) is 30.9. The van der Waals surface area contributed by atoms with Gasteiger partial charge in [-0.1, -0.05) is 120 Å². The summed E-state index contributed by atoms with van der Waals surface area (Å²) in [7, 11) is 0. The fraction of sp³-hybridized carbons (Fsp3) is 0.750. The Bertz CT molecular complexity index is 960. The monoisotopic (exact) mass is 708 g/mol. The molecule has 2 unspecified atom stereocenters. The van der Waals surface area contributed by atoms with Crippen LogP contribution in [-0.4, -0.2) is 89.0 Å². The number of hydrogen-bond acceptors (Lipinski definition) is 10. The predicted octanol–water partition coefficient (Wildman–Crippen LogP) is 6.93. The maximum absolute atomic E-state index is 12.6. The van der Waals surface area contributed by atoms with Crippen LogP contribution in [0.25, 0.3) is 0 Å². The summed E-state index contributed by atoms with van der Waals surface area (Å²) in [6.07, 6.45) is 27.1. The summed E-state index contributed by atoms with van der Waals surface area (Å²) in [5.41, 5.74) is 0. The molecule has 0 radical (unpaired) electrons. The Morgan fingerprint density at radius 3 is 1.76 bits per heavy atom. The number of aliphatic hydroxyl groups excluding tert-OH is 4. The van der Waals surface area contributed by atoms with Gasteiger partial charge in [-0.3, -0.25) is 9.59 Å². The van der Waals surface area contributed by atoms with Gasteiger partial charge in [-0.25, -0.2) is 0 Å². The van der Waals surface area contributed by atoms with Crippen molar-refractivity contribution in [2.45, 2.75) is 173 Å². The highest BCUT2D eigenvalue weighted by Gasteiger charge is 2.44. The molecule has 4 N–H and O–H groups in total. The Labute approximate surface area is 301 Å². The van der Waals surface area contributed by atoms with Crippen molar-refractivity contribution in [3.05, 3.63) is 48.6 Å². The number of unbranched alkanes of at least 4 members (excludes halogenated alkanes) is 11. The number of aliphatic hydroxyl groups is 4. The molecule has 1 aliphatic heterocycles. The van der Waals surface area contributed by atoms with E-state index in [-0.39, 0.29) is 26.1 Å². The molecular weight excluding hydrogens is 640 g/mol. The van der Waals surface area contributed by atoms with E-state index >= 15 is 0 Å². The third-order valence-corrected chi connectivity index (χ3v) is 8.45. The van der Waals surface area contributed by atoms with Crippen molar-refractivity contribution in [1.29, 1.82) is 0 Å². The van der Waals surface area contributed by atoms with Crippen LogP contribution in [-0.2, 0) is 28.5 Å². The van der Waals surface area contributed by atoms with Crippen molar-refractivity contribution in [3.63, 3.8) is 0 Å². The van der Waals surface area contributed by atoms with Crippen LogP contribution in [0.1, 0.15) is 136 Å². The van der Waals surface area contributed by atoms with Crippen LogP contribution in [0.5, 0.6) is 0 Å². The molecule has 1 fully saturated rings. The molecule has 6 atom stereocenters. The minimum atomic E-state index is -1.60. The first-order chi connectivity index (χ1) is 24.3. The Balaban J connectivity index is 2.39. The van der Waals surface area contributed by atoms with Gasteiger partial charge in [0.1, 0.15) is 31.0 Å². The zero-order chi connectivity index (χ0) is 36.7. The highest BCUT2D eigenvalue weighted by molar-refractivity contribution is 5.70. The molecule has 1 heterocycles. The normalized spacial score (nSPS) is 21.9. The van der Waals surface area contributed by atoms with Gasteiger partial charge in [-0.15, -0.1) is 0 Å². The molecule has 1 saturated heterocycles. The molecule has 0 aromatic rings. The van der Waals surface area contributed by atoms with E-state index < -0.39 is 55.4 Å². The van der Waals surface area contributed by atoms with Crippen molar-refractivity contribution in [2.24, 2.45) is 0 Å². The summed E-state index contributed by atoms with van der Waals surface area (Å²) in [6.45, 7) is 3.25. The molecule has 0 amide bonds. The fourth-order valence-electron chi connectivity index (χ4n) is 5.35. The summed E-state index contributed by atoms with van der Waals surface area (Å²) in [5, 5.41) is 39.8. The predicted molar refractivity (Wildman–Crippen MR) is 196 cm³/mol. The number of carbonyl (C=O) groups excluding carboxylic acids is 2. The van der Waals surface area contributed by atoms with E-state index in [2.05, 4.69) is 62.5 Å². The third-order valence-electron chi connectivity index (χ3n) is 8.45. The first-order valence-corrected chi connectivity index (χ1v) is 19.2. The van der Waals surface area contributed by atoms with Gasteiger partial charge in [0.15, 0.2) is 12.4 Å². The maximum Gasteiger partial charge on any atom is 0.306 e. The smallest absolute Gasteiger partial charge is 0.306 e. The zero-order valence-electron chi connectivity index (χ0n) is 30.9. The van der Waals surface area contributed by atoms with Crippen molar-refractivity contribution in [1.82, 2.24) is 0 Å². The molecule has 288 valence electrons. The Hall–Kier alpha value is -2.34. The van der Waals surface area contributed by atoms with Gasteiger partial charge in [0.2, 0.25) is 0 Å². The van der Waals surface area contributed by atoms with Crippen LogP contribution in [0.4, 0.5) is 0 Å². The Morgan fingerprint density at radius 2 is 1.16 bits per heavy atom. The second-order valence-electron chi connectivity index (χ2n) is 13.0. The number of allylic oxidation sites excluding steroid dienone is 8. The largest absolute Gasteiger partial charge is 0.462 e. The average molecular weight is 709 g/mol. The van der Waals surface area contributed by atoms with E-state index in [4.69, 9.17) is 18.9 Å². The van der Waals surface area contributed by atoms with Gasteiger partial charge < -0.3 is 39.4 Å². The topological polar surface area (TPSA) is 152 Å². The van der Waals surface area contributed by atoms with Crippen molar-refractivity contribution >= 4 is 11.9 Å². The van der Waals surface area contributed by atoms with Crippen LogP contribution >= 0.6 is 0 Å². The molecule has 1 aliphatic rings. The molecule has 10 heteroatoms. The van der Waals surface area contributed by atoms with Crippen molar-refractivity contribution in [3.8, 4) is 0 Å². The summed E-state index contributed by atoms with van der Waals surface area (Å²) >= 11 is 0. The van der Waals surface area contributed by atoms with Gasteiger partial charge in [0, 0.05) is 12.8 Å². The molecule has 0 spiro atoms. The molecular formula is C40H68O10. The van der Waals surface area contributed by atoms with E-state index in [0.29, 0.717) is 12.8 Å². The van der Waals surface area contributed by atoms with Crippen molar-refractivity contribution < 1.29 is 49.0 Å². The van der Waals surface area contributed by atoms with Gasteiger partial charge in [0.05, 0.1) is 13.2 Å².